The molecular formula is C24H17ClF6N4O2. The van der Waals surface area contributed by atoms with Crippen molar-refractivity contribution >= 4 is 33.4 Å². The number of aliphatic hydroxyl groups is 2. The fourth-order valence-corrected chi connectivity index (χ4v) is 4.09. The Morgan fingerprint density at radius 2 is 1.30 bits per heavy atom. The molecule has 0 saturated heterocycles. The Balaban J connectivity index is 0.000000206. The number of halogens is 7. The third-order valence-corrected chi connectivity index (χ3v) is 5.75. The van der Waals surface area contributed by atoms with E-state index in [2.05, 4.69) is 0 Å². The Labute approximate surface area is 210 Å². The molecule has 0 atom stereocenters. The number of aliphatic hydroxyl groups excluding tert-OH is 2. The predicted octanol–water partition coefficient (Wildman–Crippen LogP) is 5.79. The first-order valence-corrected chi connectivity index (χ1v) is 10.8. The second-order valence-corrected chi connectivity index (χ2v) is 8.23. The quantitative estimate of drug-likeness (QED) is 0.319. The fraction of sp³-hybridized carbons (Fsp3) is 0.250. The summed E-state index contributed by atoms with van der Waals surface area (Å²) in [6.07, 6.45) is -8.76. The maximum absolute atomic E-state index is 12.5. The molecule has 0 fully saturated rings. The van der Waals surface area contributed by atoms with Gasteiger partial charge in [-0.3, -0.25) is 0 Å². The molecular weight excluding hydrogens is 526 g/mol. The van der Waals surface area contributed by atoms with Gasteiger partial charge in [-0.2, -0.15) is 36.9 Å². The van der Waals surface area contributed by atoms with Crippen LogP contribution in [0.1, 0.15) is 22.5 Å². The van der Waals surface area contributed by atoms with Gasteiger partial charge in [0.2, 0.25) is 0 Å². The van der Waals surface area contributed by atoms with Crippen molar-refractivity contribution in [2.45, 2.75) is 38.7 Å². The Kier molecular flexibility index (Phi) is 8.08. The summed E-state index contributed by atoms with van der Waals surface area (Å²) in [6, 6.07) is 13.8. The first-order chi connectivity index (χ1) is 17.3. The van der Waals surface area contributed by atoms with Crippen molar-refractivity contribution in [3.8, 4) is 12.1 Å². The highest BCUT2D eigenvalue weighted by Crippen LogP contribution is 2.32. The average molecular weight is 543 g/mol. The summed E-state index contributed by atoms with van der Waals surface area (Å²) in [7, 11) is 0. The van der Waals surface area contributed by atoms with E-state index in [-0.39, 0.29) is 27.5 Å². The van der Waals surface area contributed by atoms with E-state index in [1.165, 1.54) is 42.5 Å². The van der Waals surface area contributed by atoms with Gasteiger partial charge in [0.15, 0.2) is 0 Å². The highest BCUT2D eigenvalue weighted by molar-refractivity contribution is 6.36. The number of benzene rings is 2. The van der Waals surface area contributed by atoms with Crippen LogP contribution in [0.2, 0.25) is 5.02 Å². The van der Waals surface area contributed by atoms with Gasteiger partial charge in [0.1, 0.15) is 19.2 Å². The standard InChI is InChI=1S/C12H8ClF3N2O.C12H9F3N2O/c13-11-7(4-17)1-2-10-9(11)3-8(5-19)18(10)6-12(14,15)16;13-12(14,15)7-17-10(6-18)4-9-3-8(5-16)1-2-11(9)17/h1-3,19H,5-6H2;1-4,18H,6-7H2. The molecule has 13 heteroatoms. The number of alkyl halides is 6. The van der Waals surface area contributed by atoms with Crippen LogP contribution >= 0.6 is 11.6 Å². The molecule has 0 spiro atoms. The maximum Gasteiger partial charge on any atom is 0.406 e. The summed E-state index contributed by atoms with van der Waals surface area (Å²) >= 11 is 5.96. The molecule has 0 aliphatic rings. The molecule has 0 saturated carbocycles. The van der Waals surface area contributed by atoms with Crippen LogP contribution in [-0.4, -0.2) is 31.7 Å². The summed E-state index contributed by atoms with van der Waals surface area (Å²) in [6.45, 7) is -3.39. The summed E-state index contributed by atoms with van der Waals surface area (Å²) < 4.78 is 76.9. The van der Waals surface area contributed by atoms with Crippen molar-refractivity contribution in [3.05, 3.63) is 70.0 Å². The molecule has 0 unspecified atom stereocenters. The number of rotatable bonds is 4. The van der Waals surface area contributed by atoms with E-state index in [1.54, 1.807) is 0 Å². The molecule has 4 rings (SSSR count). The lowest BCUT2D eigenvalue weighted by atomic mass is 10.1. The Bertz CT molecular complexity index is 1520. The van der Waals surface area contributed by atoms with E-state index in [4.69, 9.17) is 32.3 Å². The zero-order chi connectivity index (χ0) is 27.5. The van der Waals surface area contributed by atoms with E-state index in [9.17, 15) is 26.3 Å². The van der Waals surface area contributed by atoms with E-state index >= 15 is 0 Å². The second kappa shape index (κ2) is 10.7. The Hall–Kier alpha value is -3.71. The zero-order valence-corrected chi connectivity index (χ0v) is 19.5. The monoisotopic (exact) mass is 542 g/mol. The number of hydrogen-bond donors (Lipinski definition) is 2. The van der Waals surface area contributed by atoms with Crippen LogP contribution in [0.3, 0.4) is 0 Å². The number of nitrogens with zero attached hydrogens (tertiary/aromatic N) is 4. The van der Waals surface area contributed by atoms with Crippen LogP contribution in [0.25, 0.3) is 21.8 Å². The number of fused-ring (bicyclic) bond motifs is 2. The minimum Gasteiger partial charge on any atom is -0.390 e. The lowest BCUT2D eigenvalue weighted by Crippen LogP contribution is -2.19. The zero-order valence-electron chi connectivity index (χ0n) is 18.7. The van der Waals surface area contributed by atoms with Crippen molar-refractivity contribution < 1.29 is 36.6 Å². The van der Waals surface area contributed by atoms with Crippen molar-refractivity contribution in [2.24, 2.45) is 0 Å². The van der Waals surface area contributed by atoms with Crippen molar-refractivity contribution in [1.82, 2.24) is 9.13 Å². The molecule has 6 nitrogen and oxygen atoms in total. The molecule has 194 valence electrons. The molecule has 2 aromatic carbocycles. The molecule has 4 aromatic rings. The van der Waals surface area contributed by atoms with Crippen molar-refractivity contribution in [1.29, 1.82) is 10.5 Å². The van der Waals surface area contributed by atoms with Gasteiger partial charge in [-0.15, -0.1) is 0 Å². The molecule has 0 aliphatic carbocycles. The SMILES string of the molecule is N#Cc1ccc2c(c1)cc(CO)n2CC(F)(F)F.N#Cc1ccc2c(cc(CO)n2CC(F)(F)F)c1Cl. The average Bonchev–Trinajstić information content (AvgIpc) is 3.35. The van der Waals surface area contributed by atoms with Crippen molar-refractivity contribution in [2.75, 3.05) is 0 Å². The van der Waals surface area contributed by atoms with Gasteiger partial charge in [-0.1, -0.05) is 11.6 Å². The van der Waals surface area contributed by atoms with Crippen LogP contribution in [0.15, 0.2) is 42.5 Å². The molecule has 2 N–H and O–H groups in total. The first kappa shape index (κ1) is 27.9. The van der Waals surface area contributed by atoms with Crippen LogP contribution in [0, 0.1) is 22.7 Å². The fourth-order valence-electron chi connectivity index (χ4n) is 3.83. The van der Waals surface area contributed by atoms with Crippen LogP contribution in [-0.2, 0) is 26.3 Å². The minimum atomic E-state index is -4.41. The van der Waals surface area contributed by atoms with E-state index < -0.39 is 38.7 Å². The van der Waals surface area contributed by atoms with Crippen LogP contribution in [0.5, 0.6) is 0 Å². The molecule has 0 radical (unpaired) electrons. The summed E-state index contributed by atoms with van der Waals surface area (Å²) in [5, 5.41) is 36.7. The summed E-state index contributed by atoms with van der Waals surface area (Å²) in [5.41, 5.74) is 1.43. The van der Waals surface area contributed by atoms with E-state index in [1.807, 2.05) is 12.1 Å². The third-order valence-electron chi connectivity index (χ3n) is 5.34. The van der Waals surface area contributed by atoms with Gasteiger partial charge in [-0.25, -0.2) is 0 Å². The first-order valence-electron chi connectivity index (χ1n) is 10.4. The maximum atomic E-state index is 12.5. The van der Waals surface area contributed by atoms with Gasteiger partial charge >= 0.3 is 12.4 Å². The Morgan fingerprint density at radius 3 is 1.81 bits per heavy atom. The molecule has 2 aromatic heterocycles. The van der Waals surface area contributed by atoms with Crippen LogP contribution < -0.4 is 0 Å². The molecule has 0 aliphatic heterocycles. The minimum absolute atomic E-state index is 0.0932. The van der Waals surface area contributed by atoms with Gasteiger partial charge in [0, 0.05) is 27.7 Å². The molecule has 0 bridgehead atoms. The normalized spacial score (nSPS) is 11.8. The molecule has 2 heterocycles. The van der Waals surface area contributed by atoms with Gasteiger partial charge in [-0.05, 0) is 42.5 Å². The van der Waals surface area contributed by atoms with Crippen LogP contribution in [0.4, 0.5) is 26.3 Å². The van der Waals surface area contributed by atoms with Gasteiger partial charge in [0.05, 0.1) is 40.9 Å². The van der Waals surface area contributed by atoms with Gasteiger partial charge in [0.25, 0.3) is 0 Å². The lowest BCUT2D eigenvalue weighted by Gasteiger charge is -2.12. The number of hydrogen-bond acceptors (Lipinski definition) is 4. The summed E-state index contributed by atoms with van der Waals surface area (Å²) in [5.74, 6) is 0. The highest BCUT2D eigenvalue weighted by atomic mass is 35.5. The summed E-state index contributed by atoms with van der Waals surface area (Å²) in [4.78, 5) is 0. The molecule has 0 amide bonds. The van der Waals surface area contributed by atoms with Gasteiger partial charge < -0.3 is 19.3 Å². The Morgan fingerprint density at radius 1 is 0.757 bits per heavy atom. The third kappa shape index (κ3) is 6.35. The number of aromatic nitrogens is 2. The second-order valence-electron chi connectivity index (χ2n) is 7.85. The van der Waals surface area contributed by atoms with Crippen molar-refractivity contribution in [3.63, 3.8) is 0 Å². The lowest BCUT2D eigenvalue weighted by molar-refractivity contribution is -0.141. The smallest absolute Gasteiger partial charge is 0.390 e. The largest absolute Gasteiger partial charge is 0.406 e. The topological polar surface area (TPSA) is 97.9 Å². The van der Waals surface area contributed by atoms with E-state index in [0.717, 1.165) is 9.13 Å². The van der Waals surface area contributed by atoms with E-state index in [0.29, 0.717) is 21.9 Å². The molecule has 37 heavy (non-hydrogen) atoms. The predicted molar refractivity (Wildman–Crippen MR) is 122 cm³/mol. The number of nitriles is 2. The highest BCUT2D eigenvalue weighted by Gasteiger charge is 2.30.